The summed E-state index contributed by atoms with van der Waals surface area (Å²) in [5.41, 5.74) is 0.781. The third kappa shape index (κ3) is 7.78. The standard InChI is InChI=1S/C47H44N4O15S3/c1-25(52)48-68(59,60)24-49-34-15-9-26-20-28(67-66-65-58)11-13-30(26)41(34)46(2,3)37(49)22-32-43(55)33(44(32)56)23-38-47(4,5)42-31-14-12-29(69(61,62)63)21-27(31)10-16-35(42)51(38)19-7-6-8-36(51)45(57)64-50-39(53)17-18-40(50)54/h9-16,20-23,36H,6-8,17-19,24H2,1-5H3,(H2-2,48,52,55,56,58,61,62,63)/p+2. The average Bonchev–Trinajstić information content (AvgIpc) is 3.78. The SMILES string of the molecule is CC(=O)NS(=O)(=O)C[N+]1=C(C=C2C(=O)C(C=C3C(C)(C)c4c(ccc5cc(S(=O)(=O)O)ccc45)[N+]34CCCCC4C(=O)ON3C(=O)CCC3=O)=C2O)C(C)(C)c2c1ccc1cc(SOOO)ccc21. The summed E-state index contributed by atoms with van der Waals surface area (Å²) < 4.78 is 69.1. The molecule has 2 unspecified atom stereocenters. The molecule has 19 nitrogen and oxygen atoms in total. The van der Waals surface area contributed by atoms with Gasteiger partial charge in [0.05, 0.1) is 45.5 Å². The molecule has 2 saturated heterocycles. The van der Waals surface area contributed by atoms with E-state index >= 15 is 0 Å². The van der Waals surface area contributed by atoms with E-state index in [0.29, 0.717) is 78.3 Å². The Balaban J connectivity index is 1.21. The number of allylic oxidation sites excluding steroid dienone is 5. The summed E-state index contributed by atoms with van der Waals surface area (Å²) in [6.07, 6.45) is 4.09. The second kappa shape index (κ2) is 16.8. The Morgan fingerprint density at radius 2 is 1.57 bits per heavy atom. The lowest BCUT2D eigenvalue weighted by molar-refractivity contribution is -0.432. The monoisotopic (exact) mass is 1000 g/mol. The smallest absolute Gasteiger partial charge is 0.391 e. The zero-order valence-corrected chi connectivity index (χ0v) is 40.2. The summed E-state index contributed by atoms with van der Waals surface area (Å²) in [6.45, 7) is 8.73. The number of quaternary nitrogens is 1. The molecule has 69 heavy (non-hydrogen) atoms. The predicted octanol–water partition coefficient (Wildman–Crippen LogP) is 6.13. The Hall–Kier alpha value is -6.11. The Labute approximate surface area is 399 Å². The molecule has 360 valence electrons. The van der Waals surface area contributed by atoms with Crippen molar-refractivity contribution in [1.29, 1.82) is 0 Å². The van der Waals surface area contributed by atoms with Crippen LogP contribution in [0, 0.1) is 0 Å². The highest BCUT2D eigenvalue weighted by Gasteiger charge is 2.62. The Kier molecular flexibility index (Phi) is 11.7. The molecule has 2 atom stereocenters. The van der Waals surface area contributed by atoms with Crippen LogP contribution in [0.3, 0.4) is 0 Å². The molecule has 4 aliphatic heterocycles. The van der Waals surface area contributed by atoms with E-state index in [1.807, 2.05) is 32.4 Å². The van der Waals surface area contributed by atoms with Crippen molar-refractivity contribution in [3.63, 3.8) is 0 Å². The number of hydroxylamine groups is 2. The van der Waals surface area contributed by atoms with Crippen LogP contribution in [0.5, 0.6) is 0 Å². The van der Waals surface area contributed by atoms with E-state index in [-0.39, 0.29) is 46.3 Å². The summed E-state index contributed by atoms with van der Waals surface area (Å²) in [5, 5.41) is 27.5. The highest BCUT2D eigenvalue weighted by molar-refractivity contribution is 7.94. The van der Waals surface area contributed by atoms with E-state index in [4.69, 9.17) is 10.1 Å². The first-order chi connectivity index (χ1) is 32.4. The van der Waals surface area contributed by atoms with Gasteiger partial charge < -0.3 is 9.94 Å². The molecule has 9 rings (SSSR count). The van der Waals surface area contributed by atoms with Crippen LogP contribution < -0.4 is 9.21 Å². The molecule has 1 aliphatic carbocycles. The first kappa shape index (κ1) is 47.9. The molecule has 4 aromatic carbocycles. The molecule has 0 saturated carbocycles. The van der Waals surface area contributed by atoms with Gasteiger partial charge in [-0.2, -0.15) is 21.4 Å². The van der Waals surface area contributed by atoms with E-state index in [2.05, 4.69) is 9.37 Å². The number of nitrogens with zero attached hydrogens (tertiary/aromatic N) is 3. The van der Waals surface area contributed by atoms with Crippen molar-refractivity contribution in [2.24, 2.45) is 0 Å². The van der Waals surface area contributed by atoms with Crippen molar-refractivity contribution < 1.29 is 74.5 Å². The number of Topliss-reactive ketones (excluding diaryl/α,β-unsaturated/α-hetero) is 1. The summed E-state index contributed by atoms with van der Waals surface area (Å²) in [6, 6.07) is 15.2. The van der Waals surface area contributed by atoms with Crippen molar-refractivity contribution in [1.82, 2.24) is 14.3 Å². The molecule has 4 N–H and O–H groups in total. The average molecular weight is 1000 g/mol. The lowest BCUT2D eigenvalue weighted by atomic mass is 9.76. The summed E-state index contributed by atoms with van der Waals surface area (Å²) in [7, 11) is -8.91. The summed E-state index contributed by atoms with van der Waals surface area (Å²) in [4.78, 5) is 72.4. The van der Waals surface area contributed by atoms with Crippen molar-refractivity contribution in [2.45, 2.75) is 93.4 Å². The quantitative estimate of drug-likeness (QED) is 0.0192. The number of carbonyl (C=O) groups is 5. The van der Waals surface area contributed by atoms with Gasteiger partial charge in [0.2, 0.25) is 17.4 Å². The normalized spacial score (nSPS) is 23.1. The van der Waals surface area contributed by atoms with Crippen molar-refractivity contribution >= 4 is 100 Å². The zero-order chi connectivity index (χ0) is 49.7. The van der Waals surface area contributed by atoms with Gasteiger partial charge in [-0.15, -0.1) is 9.40 Å². The Bertz CT molecular complexity index is 3380. The van der Waals surface area contributed by atoms with E-state index in [1.165, 1.54) is 28.9 Å². The number of carbonyl (C=O) groups excluding carboxylic acids is 5. The second-order valence-corrected chi connectivity index (χ2v) is 22.5. The van der Waals surface area contributed by atoms with Gasteiger partial charge in [0.1, 0.15) is 17.1 Å². The van der Waals surface area contributed by atoms with Gasteiger partial charge in [-0.05, 0) is 98.5 Å². The first-order valence-corrected chi connectivity index (χ1v) is 25.6. The maximum atomic E-state index is 14.7. The van der Waals surface area contributed by atoms with Crippen LogP contribution in [0.4, 0.5) is 11.4 Å². The van der Waals surface area contributed by atoms with Crippen LogP contribution in [-0.2, 0) is 69.2 Å². The number of amides is 3. The Morgan fingerprint density at radius 3 is 2.23 bits per heavy atom. The fourth-order valence-electron chi connectivity index (χ4n) is 10.9. The summed E-state index contributed by atoms with van der Waals surface area (Å²) >= 11 is 0.756. The topological polar surface area (TPSA) is 260 Å². The first-order valence-electron chi connectivity index (χ1n) is 21.7. The molecule has 0 aromatic heterocycles. The van der Waals surface area contributed by atoms with Gasteiger partial charge in [-0.1, -0.05) is 17.2 Å². The zero-order valence-electron chi connectivity index (χ0n) is 37.8. The largest absolute Gasteiger partial charge is 0.506 e. The molecule has 0 radical (unpaired) electrons. The minimum absolute atomic E-state index is 0.119. The van der Waals surface area contributed by atoms with Gasteiger partial charge in [0.15, 0.2) is 11.8 Å². The predicted molar refractivity (Wildman–Crippen MR) is 249 cm³/mol. The van der Waals surface area contributed by atoms with Crippen LogP contribution in [0.2, 0.25) is 0 Å². The van der Waals surface area contributed by atoms with Gasteiger partial charge >= 0.3 is 5.97 Å². The fourth-order valence-corrected chi connectivity index (χ4v) is 13.0. The maximum absolute atomic E-state index is 14.7. The van der Waals surface area contributed by atoms with Crippen LogP contribution in [0.1, 0.15) is 77.8 Å². The number of aliphatic hydroxyl groups excluding tert-OH is 1. The number of imide groups is 1. The van der Waals surface area contributed by atoms with Gasteiger partial charge in [0.25, 0.3) is 37.8 Å². The van der Waals surface area contributed by atoms with Crippen LogP contribution in [-0.4, -0.2) is 95.0 Å². The highest BCUT2D eigenvalue weighted by atomic mass is 32.2. The van der Waals surface area contributed by atoms with Gasteiger partial charge in [-0.3, -0.25) is 23.7 Å². The van der Waals surface area contributed by atoms with Crippen molar-refractivity contribution in [2.75, 3.05) is 12.4 Å². The van der Waals surface area contributed by atoms with Gasteiger partial charge in [0, 0.05) is 66.5 Å². The Morgan fingerprint density at radius 1 is 0.899 bits per heavy atom. The molecule has 0 bridgehead atoms. The number of aliphatic hydroxyl groups is 1. The van der Waals surface area contributed by atoms with E-state index in [9.17, 15) is 50.5 Å². The van der Waals surface area contributed by atoms with E-state index < -0.39 is 78.1 Å². The molecule has 1 spiro atoms. The van der Waals surface area contributed by atoms with E-state index in [0.717, 1.165) is 19.0 Å². The highest BCUT2D eigenvalue weighted by Crippen LogP contribution is 2.59. The van der Waals surface area contributed by atoms with Crippen molar-refractivity contribution in [3.05, 3.63) is 107 Å². The van der Waals surface area contributed by atoms with Crippen LogP contribution in [0.25, 0.3) is 21.5 Å². The molecular formula is C47H46N4O15S3+2. The molecule has 4 aromatic rings. The van der Waals surface area contributed by atoms with E-state index in [1.54, 1.807) is 48.5 Å². The van der Waals surface area contributed by atoms with Crippen LogP contribution in [0.15, 0.2) is 105 Å². The third-order valence-electron chi connectivity index (χ3n) is 13.8. The number of nitrogens with one attached hydrogen (secondary N) is 1. The molecule has 2 fully saturated rings. The maximum Gasteiger partial charge on any atom is 0.391 e. The number of hydrogen-bond acceptors (Lipinski definition) is 15. The molecule has 22 heteroatoms. The lowest BCUT2D eigenvalue weighted by Gasteiger charge is -2.45. The number of fused-ring (bicyclic) bond motifs is 7. The number of piperidine rings is 1. The lowest BCUT2D eigenvalue weighted by Crippen LogP contribution is -2.62. The second-order valence-electron chi connectivity index (χ2n) is 18.6. The number of rotatable bonds is 11. The van der Waals surface area contributed by atoms with Crippen molar-refractivity contribution in [3.8, 4) is 0 Å². The molecular weight excluding hydrogens is 957 g/mol. The number of hydrogen-bond donors (Lipinski definition) is 4. The van der Waals surface area contributed by atoms with Crippen LogP contribution >= 0.6 is 12.0 Å². The minimum atomic E-state index is -4.59. The molecule has 5 aliphatic rings. The number of benzene rings is 4. The fraction of sp³-hybridized carbons (Fsp3) is 0.319. The molecule has 4 heterocycles. The summed E-state index contributed by atoms with van der Waals surface area (Å²) in [5.74, 6) is -4.78. The minimum Gasteiger partial charge on any atom is -0.506 e. The molecule has 3 amide bonds. The number of ketones is 1. The third-order valence-corrected chi connectivity index (χ3v) is 16.4. The van der Waals surface area contributed by atoms with Gasteiger partial charge in [-0.25, -0.2) is 19.3 Å². The number of sulfonamides is 1.